The number of imide groups is 1. The van der Waals surface area contributed by atoms with Gasteiger partial charge in [-0.05, 0) is 13.0 Å². The summed E-state index contributed by atoms with van der Waals surface area (Å²) in [7, 11) is 0. The molecule has 1 aliphatic heterocycles. The molecule has 24 heavy (non-hydrogen) atoms. The van der Waals surface area contributed by atoms with Crippen molar-refractivity contribution in [2.75, 3.05) is 13.2 Å². The molecule has 0 unspecified atom stereocenters. The number of carbonyl (C=O) groups is 3. The summed E-state index contributed by atoms with van der Waals surface area (Å²) in [6, 6.07) is 5.65. The molecule has 1 aliphatic rings. The molecule has 1 N–H and O–H groups in total. The lowest BCUT2D eigenvalue weighted by atomic mass is 10.1. The molecular weight excluding hydrogens is 312 g/mol. The van der Waals surface area contributed by atoms with Crippen molar-refractivity contribution in [3.8, 4) is 5.75 Å². The molecule has 0 radical (unpaired) electrons. The number of para-hydroxylation sites is 1. The summed E-state index contributed by atoms with van der Waals surface area (Å²) in [5, 5.41) is 9.05. The zero-order valence-corrected chi connectivity index (χ0v) is 13.5. The second-order valence-electron chi connectivity index (χ2n) is 5.31. The van der Waals surface area contributed by atoms with Gasteiger partial charge in [0, 0.05) is 12.1 Å². The predicted molar refractivity (Wildman–Crippen MR) is 86.5 cm³/mol. The maximum absolute atomic E-state index is 12.4. The molecule has 1 aromatic rings. The first-order valence-electron chi connectivity index (χ1n) is 7.65. The van der Waals surface area contributed by atoms with Gasteiger partial charge in [-0.15, -0.1) is 0 Å². The van der Waals surface area contributed by atoms with E-state index in [1.165, 1.54) is 4.90 Å². The fourth-order valence-electron chi connectivity index (χ4n) is 2.64. The van der Waals surface area contributed by atoms with Crippen molar-refractivity contribution >= 4 is 17.9 Å². The van der Waals surface area contributed by atoms with Crippen molar-refractivity contribution in [2.45, 2.75) is 25.9 Å². The van der Waals surface area contributed by atoms with E-state index >= 15 is 0 Å². The second-order valence-corrected chi connectivity index (χ2v) is 5.31. The second kappa shape index (κ2) is 7.63. The maximum atomic E-state index is 12.4. The van der Waals surface area contributed by atoms with Gasteiger partial charge in [0.25, 0.3) is 5.91 Å². The van der Waals surface area contributed by atoms with Gasteiger partial charge in [-0.3, -0.25) is 14.5 Å². The zero-order chi connectivity index (χ0) is 17.7. The summed E-state index contributed by atoms with van der Waals surface area (Å²) in [6.07, 6.45) is 1.18. The molecule has 0 saturated carbocycles. The normalized spacial score (nSPS) is 17.3. The van der Waals surface area contributed by atoms with Crippen LogP contribution < -0.4 is 4.74 Å². The molecule has 1 saturated heterocycles. The number of carbonyl (C=O) groups excluding carboxylic acids is 2. The van der Waals surface area contributed by atoms with E-state index in [1.807, 2.05) is 0 Å². The highest BCUT2D eigenvalue weighted by molar-refractivity contribution is 6.05. The van der Waals surface area contributed by atoms with Gasteiger partial charge in [-0.1, -0.05) is 30.9 Å². The standard InChI is InChI=1S/C17H20N2O5/c1-3-9-24-14-8-6-5-7-12(14)11-19-13(10-15(20)21)16(22)18(4-2)17(19)23/h3,5-8,13H,1,4,9-11H2,2H3,(H,20,21)/t13-/m0/s1. The largest absolute Gasteiger partial charge is 0.489 e. The number of nitrogens with zero attached hydrogens (tertiary/aromatic N) is 2. The molecule has 1 aromatic carbocycles. The van der Waals surface area contributed by atoms with Gasteiger partial charge in [0.2, 0.25) is 0 Å². The van der Waals surface area contributed by atoms with E-state index in [0.717, 1.165) is 4.90 Å². The van der Waals surface area contributed by atoms with Gasteiger partial charge in [0.1, 0.15) is 18.4 Å². The summed E-state index contributed by atoms with van der Waals surface area (Å²) < 4.78 is 5.56. The maximum Gasteiger partial charge on any atom is 0.327 e. The Morgan fingerprint density at radius 2 is 2.08 bits per heavy atom. The van der Waals surface area contributed by atoms with E-state index in [1.54, 1.807) is 37.3 Å². The number of aliphatic carboxylic acids is 1. The number of ether oxygens (including phenoxy) is 1. The third kappa shape index (κ3) is 3.56. The Labute approximate surface area is 140 Å². The van der Waals surface area contributed by atoms with Gasteiger partial charge in [-0.2, -0.15) is 0 Å². The van der Waals surface area contributed by atoms with Crippen molar-refractivity contribution in [3.05, 3.63) is 42.5 Å². The lowest BCUT2D eigenvalue weighted by Gasteiger charge is -2.22. The number of likely N-dealkylation sites (N-methyl/N-ethyl adjacent to an activating group) is 1. The molecular formula is C17H20N2O5. The van der Waals surface area contributed by atoms with E-state index in [-0.39, 0.29) is 13.1 Å². The van der Waals surface area contributed by atoms with Crippen LogP contribution >= 0.6 is 0 Å². The Morgan fingerprint density at radius 3 is 2.71 bits per heavy atom. The van der Waals surface area contributed by atoms with Crippen LogP contribution in [-0.2, 0) is 16.1 Å². The SMILES string of the molecule is C=CCOc1ccccc1CN1C(=O)N(CC)C(=O)[C@@H]1CC(=O)O. The monoisotopic (exact) mass is 332 g/mol. The van der Waals surface area contributed by atoms with E-state index < -0.39 is 30.4 Å². The minimum absolute atomic E-state index is 0.104. The highest BCUT2D eigenvalue weighted by Crippen LogP contribution is 2.26. The van der Waals surface area contributed by atoms with Crippen molar-refractivity contribution in [2.24, 2.45) is 0 Å². The quantitative estimate of drug-likeness (QED) is 0.580. The van der Waals surface area contributed by atoms with Crippen molar-refractivity contribution < 1.29 is 24.2 Å². The lowest BCUT2D eigenvalue weighted by molar-refractivity contribution is -0.141. The van der Waals surface area contributed by atoms with E-state index in [0.29, 0.717) is 17.9 Å². The number of carboxylic acids is 1. The van der Waals surface area contributed by atoms with Gasteiger partial charge < -0.3 is 14.7 Å². The van der Waals surface area contributed by atoms with Crippen molar-refractivity contribution in [1.82, 2.24) is 9.80 Å². The van der Waals surface area contributed by atoms with Crippen LogP contribution in [0.3, 0.4) is 0 Å². The fraction of sp³-hybridized carbons (Fsp3) is 0.353. The molecule has 3 amide bonds. The molecule has 1 heterocycles. The molecule has 7 heteroatoms. The van der Waals surface area contributed by atoms with Gasteiger partial charge >= 0.3 is 12.0 Å². The summed E-state index contributed by atoms with van der Waals surface area (Å²) >= 11 is 0. The number of benzene rings is 1. The molecule has 2 rings (SSSR count). The molecule has 128 valence electrons. The number of urea groups is 1. The fourth-order valence-corrected chi connectivity index (χ4v) is 2.64. The van der Waals surface area contributed by atoms with Crippen LogP contribution in [-0.4, -0.2) is 52.0 Å². The minimum atomic E-state index is -1.12. The molecule has 7 nitrogen and oxygen atoms in total. The van der Waals surface area contributed by atoms with E-state index in [9.17, 15) is 14.4 Å². The number of rotatable bonds is 8. The highest BCUT2D eigenvalue weighted by Gasteiger charge is 2.45. The smallest absolute Gasteiger partial charge is 0.327 e. The van der Waals surface area contributed by atoms with E-state index in [4.69, 9.17) is 9.84 Å². The van der Waals surface area contributed by atoms with Gasteiger partial charge in [0.15, 0.2) is 0 Å². The molecule has 0 spiro atoms. The van der Waals surface area contributed by atoms with Gasteiger partial charge in [0.05, 0.1) is 13.0 Å². The van der Waals surface area contributed by atoms with Crippen LogP contribution in [0.4, 0.5) is 4.79 Å². The summed E-state index contributed by atoms with van der Waals surface area (Å²) in [6.45, 7) is 5.89. The Hall–Kier alpha value is -2.83. The molecule has 0 aliphatic carbocycles. The first-order valence-corrected chi connectivity index (χ1v) is 7.65. The van der Waals surface area contributed by atoms with E-state index in [2.05, 4.69) is 6.58 Å². The average Bonchev–Trinajstić information content (AvgIpc) is 2.77. The van der Waals surface area contributed by atoms with Crippen molar-refractivity contribution in [1.29, 1.82) is 0 Å². The molecule has 1 fully saturated rings. The Kier molecular flexibility index (Phi) is 5.57. The first-order chi connectivity index (χ1) is 11.5. The Morgan fingerprint density at radius 1 is 1.38 bits per heavy atom. The zero-order valence-electron chi connectivity index (χ0n) is 13.5. The van der Waals surface area contributed by atoms with Gasteiger partial charge in [-0.25, -0.2) is 4.79 Å². The number of hydrogen-bond acceptors (Lipinski definition) is 4. The van der Waals surface area contributed by atoms with Crippen LogP contribution in [0, 0.1) is 0 Å². The van der Waals surface area contributed by atoms with Crippen LogP contribution in [0.2, 0.25) is 0 Å². The Balaban J connectivity index is 2.28. The first kappa shape index (κ1) is 17.5. The highest BCUT2D eigenvalue weighted by atomic mass is 16.5. The summed E-state index contributed by atoms with van der Waals surface area (Å²) in [5.74, 6) is -1.03. The third-order valence-electron chi connectivity index (χ3n) is 3.76. The predicted octanol–water partition coefficient (Wildman–Crippen LogP) is 1.88. The number of hydrogen-bond donors (Lipinski definition) is 1. The van der Waals surface area contributed by atoms with Crippen LogP contribution in [0.1, 0.15) is 18.9 Å². The van der Waals surface area contributed by atoms with Crippen LogP contribution in [0.5, 0.6) is 5.75 Å². The topological polar surface area (TPSA) is 87.2 Å². The summed E-state index contributed by atoms with van der Waals surface area (Å²) in [4.78, 5) is 38.2. The third-order valence-corrected chi connectivity index (χ3v) is 3.76. The summed E-state index contributed by atoms with van der Waals surface area (Å²) in [5.41, 5.74) is 0.703. The van der Waals surface area contributed by atoms with Crippen molar-refractivity contribution in [3.63, 3.8) is 0 Å². The van der Waals surface area contributed by atoms with Crippen LogP contribution in [0.25, 0.3) is 0 Å². The number of amides is 3. The lowest BCUT2D eigenvalue weighted by Crippen LogP contribution is -2.36. The Bertz CT molecular complexity index is 658. The number of carboxylic acid groups (broad SMARTS) is 1. The molecule has 0 bridgehead atoms. The van der Waals surface area contributed by atoms with Crippen LogP contribution in [0.15, 0.2) is 36.9 Å². The average molecular weight is 332 g/mol. The minimum Gasteiger partial charge on any atom is -0.489 e. The molecule has 1 atom stereocenters. The molecule has 0 aromatic heterocycles.